The first kappa shape index (κ1) is 14.7. The van der Waals surface area contributed by atoms with E-state index in [1.54, 1.807) is 0 Å². The van der Waals surface area contributed by atoms with Crippen molar-refractivity contribution in [2.24, 2.45) is 0 Å². The Balaban J connectivity index is 2.62. The second-order valence-electron chi connectivity index (χ2n) is 7.32. The molecule has 2 nitrogen and oxygen atoms in total. The summed E-state index contributed by atoms with van der Waals surface area (Å²) in [6, 6.07) is 10.2. The van der Waals surface area contributed by atoms with Crippen molar-refractivity contribution in [3.63, 3.8) is 0 Å². The van der Waals surface area contributed by atoms with Crippen LogP contribution in [0.25, 0.3) is 11.4 Å². The maximum atomic E-state index is 4.87. The fourth-order valence-corrected chi connectivity index (χ4v) is 2.23. The molecule has 20 heavy (non-hydrogen) atoms. The van der Waals surface area contributed by atoms with E-state index in [-0.39, 0.29) is 10.8 Å². The van der Waals surface area contributed by atoms with Crippen LogP contribution in [-0.2, 0) is 10.8 Å². The molecular weight excluding hydrogens is 244 g/mol. The van der Waals surface area contributed by atoms with Gasteiger partial charge in [-0.05, 0) is 11.0 Å². The molecule has 2 rings (SSSR count). The summed E-state index contributed by atoms with van der Waals surface area (Å²) < 4.78 is 0. The van der Waals surface area contributed by atoms with Gasteiger partial charge in [-0.2, -0.15) is 0 Å². The molecule has 0 amide bonds. The highest BCUT2D eigenvalue weighted by atomic mass is 14.9. The summed E-state index contributed by atoms with van der Waals surface area (Å²) in [5, 5.41) is 0. The number of rotatable bonds is 1. The third-order valence-electron chi connectivity index (χ3n) is 3.34. The molecule has 2 heteroatoms. The average molecular weight is 268 g/mol. The summed E-state index contributed by atoms with van der Waals surface area (Å²) in [5.74, 6) is 0.809. The van der Waals surface area contributed by atoms with Gasteiger partial charge in [-0.3, -0.25) is 0 Å². The van der Waals surface area contributed by atoms with Crippen LogP contribution in [0.1, 0.15) is 52.8 Å². The fourth-order valence-electron chi connectivity index (χ4n) is 2.23. The molecule has 0 bridgehead atoms. The molecule has 0 N–H and O–H groups in total. The van der Waals surface area contributed by atoms with Gasteiger partial charge in [0.2, 0.25) is 0 Å². The molecule has 0 spiro atoms. The number of benzene rings is 1. The zero-order valence-corrected chi connectivity index (χ0v) is 13.4. The van der Waals surface area contributed by atoms with Gasteiger partial charge in [-0.15, -0.1) is 0 Å². The molecule has 0 saturated carbocycles. The van der Waals surface area contributed by atoms with Crippen LogP contribution in [-0.4, -0.2) is 9.97 Å². The topological polar surface area (TPSA) is 25.8 Å². The van der Waals surface area contributed by atoms with E-state index in [0.29, 0.717) is 0 Å². The summed E-state index contributed by atoms with van der Waals surface area (Å²) in [6.07, 6.45) is 2.00. The highest BCUT2D eigenvalue weighted by molar-refractivity contribution is 5.55. The average Bonchev–Trinajstić information content (AvgIpc) is 2.37. The zero-order valence-electron chi connectivity index (χ0n) is 13.4. The van der Waals surface area contributed by atoms with Gasteiger partial charge in [0.1, 0.15) is 0 Å². The highest BCUT2D eigenvalue weighted by Crippen LogP contribution is 2.33. The lowest BCUT2D eigenvalue weighted by Crippen LogP contribution is -2.24. The molecule has 0 aliphatic carbocycles. The van der Waals surface area contributed by atoms with Crippen molar-refractivity contribution in [2.45, 2.75) is 52.4 Å². The Morgan fingerprint density at radius 1 is 0.800 bits per heavy atom. The summed E-state index contributed by atoms with van der Waals surface area (Å²) in [5.41, 5.74) is 3.49. The van der Waals surface area contributed by atoms with Crippen LogP contribution >= 0.6 is 0 Å². The first-order chi connectivity index (χ1) is 9.19. The minimum atomic E-state index is 0.00901. The van der Waals surface area contributed by atoms with Crippen LogP contribution in [0.5, 0.6) is 0 Å². The molecular formula is C18H24N2. The van der Waals surface area contributed by atoms with Crippen LogP contribution in [0.3, 0.4) is 0 Å². The molecule has 1 heterocycles. The predicted molar refractivity (Wildman–Crippen MR) is 84.9 cm³/mol. The summed E-state index contributed by atoms with van der Waals surface area (Å²) >= 11 is 0. The maximum Gasteiger partial charge on any atom is 0.159 e. The SMILES string of the molecule is CC(C)(C)c1cnc(-c2ccccc2)nc1C(C)(C)C. The number of hydrogen-bond donors (Lipinski definition) is 0. The molecule has 1 aromatic heterocycles. The van der Waals surface area contributed by atoms with Gasteiger partial charge in [-0.1, -0.05) is 71.9 Å². The van der Waals surface area contributed by atoms with Crippen molar-refractivity contribution in [3.8, 4) is 11.4 Å². The normalized spacial score (nSPS) is 12.5. The van der Waals surface area contributed by atoms with E-state index in [2.05, 4.69) is 58.7 Å². The minimum Gasteiger partial charge on any atom is -0.236 e. The largest absolute Gasteiger partial charge is 0.236 e. The molecule has 2 aromatic rings. The van der Waals surface area contributed by atoms with Gasteiger partial charge in [0.05, 0.1) is 5.69 Å². The Morgan fingerprint density at radius 3 is 1.90 bits per heavy atom. The Bertz CT molecular complexity index is 587. The van der Waals surface area contributed by atoms with E-state index in [9.17, 15) is 0 Å². The quantitative estimate of drug-likeness (QED) is 0.746. The first-order valence-corrected chi connectivity index (χ1v) is 7.13. The summed E-state index contributed by atoms with van der Waals surface area (Å²) in [6.45, 7) is 13.3. The van der Waals surface area contributed by atoms with Crippen LogP contribution < -0.4 is 0 Å². The molecule has 0 aliphatic heterocycles. The van der Waals surface area contributed by atoms with Crippen LogP contribution in [0, 0.1) is 0 Å². The van der Waals surface area contributed by atoms with Crippen LogP contribution in [0.2, 0.25) is 0 Å². The zero-order chi connectivity index (χ0) is 15.0. The third kappa shape index (κ3) is 3.06. The third-order valence-corrected chi connectivity index (χ3v) is 3.34. The van der Waals surface area contributed by atoms with E-state index in [4.69, 9.17) is 4.98 Å². The smallest absolute Gasteiger partial charge is 0.159 e. The molecule has 0 fully saturated rings. The van der Waals surface area contributed by atoms with Crippen molar-refractivity contribution >= 4 is 0 Å². The second-order valence-corrected chi connectivity index (χ2v) is 7.32. The number of hydrogen-bond acceptors (Lipinski definition) is 2. The predicted octanol–water partition coefficient (Wildman–Crippen LogP) is 4.74. The van der Waals surface area contributed by atoms with E-state index in [0.717, 1.165) is 17.1 Å². The number of nitrogens with zero attached hydrogens (tertiary/aromatic N) is 2. The molecule has 0 atom stereocenters. The van der Waals surface area contributed by atoms with Gasteiger partial charge in [0, 0.05) is 17.2 Å². The van der Waals surface area contributed by atoms with Crippen molar-refractivity contribution in [2.75, 3.05) is 0 Å². The summed E-state index contributed by atoms with van der Waals surface area (Å²) in [4.78, 5) is 9.45. The van der Waals surface area contributed by atoms with Crippen LogP contribution in [0.4, 0.5) is 0 Å². The Hall–Kier alpha value is -1.70. The van der Waals surface area contributed by atoms with Gasteiger partial charge in [0.25, 0.3) is 0 Å². The second kappa shape index (κ2) is 5.01. The lowest BCUT2D eigenvalue weighted by Gasteiger charge is -2.28. The Labute approximate surface area is 122 Å². The van der Waals surface area contributed by atoms with Crippen molar-refractivity contribution < 1.29 is 0 Å². The van der Waals surface area contributed by atoms with Gasteiger partial charge in [-0.25, -0.2) is 9.97 Å². The van der Waals surface area contributed by atoms with Crippen molar-refractivity contribution in [1.29, 1.82) is 0 Å². The molecule has 0 saturated heterocycles. The standard InChI is InChI=1S/C18H24N2/c1-17(2,3)14-12-19-16(13-10-8-7-9-11-13)20-15(14)18(4,5)6/h7-12H,1-6H3. The number of aromatic nitrogens is 2. The molecule has 0 aliphatic rings. The van der Waals surface area contributed by atoms with E-state index >= 15 is 0 Å². The molecule has 1 aromatic carbocycles. The summed E-state index contributed by atoms with van der Waals surface area (Å²) in [7, 11) is 0. The van der Waals surface area contributed by atoms with E-state index in [1.807, 2.05) is 24.4 Å². The van der Waals surface area contributed by atoms with Gasteiger partial charge in [0.15, 0.2) is 5.82 Å². The Morgan fingerprint density at radius 2 is 1.40 bits per heavy atom. The lowest BCUT2D eigenvalue weighted by molar-refractivity contribution is 0.511. The maximum absolute atomic E-state index is 4.87. The van der Waals surface area contributed by atoms with Crippen molar-refractivity contribution in [3.05, 3.63) is 47.8 Å². The fraction of sp³-hybridized carbons (Fsp3) is 0.444. The lowest BCUT2D eigenvalue weighted by atomic mass is 9.79. The molecule has 106 valence electrons. The Kier molecular flexibility index (Phi) is 3.68. The van der Waals surface area contributed by atoms with E-state index in [1.165, 1.54) is 5.56 Å². The van der Waals surface area contributed by atoms with Gasteiger partial charge < -0.3 is 0 Å². The van der Waals surface area contributed by atoms with Crippen LogP contribution in [0.15, 0.2) is 36.5 Å². The highest BCUT2D eigenvalue weighted by Gasteiger charge is 2.27. The van der Waals surface area contributed by atoms with E-state index < -0.39 is 0 Å². The monoisotopic (exact) mass is 268 g/mol. The molecule has 0 unspecified atom stereocenters. The van der Waals surface area contributed by atoms with Gasteiger partial charge >= 0.3 is 0 Å². The minimum absolute atomic E-state index is 0.00901. The van der Waals surface area contributed by atoms with Crippen molar-refractivity contribution in [1.82, 2.24) is 9.97 Å². The first-order valence-electron chi connectivity index (χ1n) is 7.13. The molecule has 0 radical (unpaired) electrons.